The third-order valence-electron chi connectivity index (χ3n) is 4.94. The lowest BCUT2D eigenvalue weighted by Gasteiger charge is -2.28. The van der Waals surface area contributed by atoms with Crippen LogP contribution in [0.5, 0.6) is 0 Å². The fourth-order valence-electron chi connectivity index (χ4n) is 3.37. The first-order chi connectivity index (χ1) is 14.3. The molecule has 0 aromatic heterocycles. The summed E-state index contributed by atoms with van der Waals surface area (Å²) < 4.78 is 55.1. The molecular formula is C21H19ClN2O4S2. The first-order valence-electron chi connectivity index (χ1n) is 9.21. The third kappa shape index (κ3) is 4.22. The molecule has 0 amide bonds. The lowest BCUT2D eigenvalue weighted by molar-refractivity contribution is 0.391. The number of nitrogens with one attached hydrogen (secondary N) is 1. The van der Waals surface area contributed by atoms with Crippen molar-refractivity contribution >= 4 is 37.3 Å². The molecule has 0 aliphatic carbocycles. The van der Waals surface area contributed by atoms with E-state index >= 15 is 0 Å². The zero-order valence-corrected chi connectivity index (χ0v) is 18.2. The molecule has 1 aliphatic rings. The molecule has 3 aromatic carbocycles. The van der Waals surface area contributed by atoms with Gasteiger partial charge in [0.2, 0.25) is 10.0 Å². The van der Waals surface area contributed by atoms with Gasteiger partial charge < -0.3 is 0 Å². The first-order valence-corrected chi connectivity index (χ1v) is 12.5. The van der Waals surface area contributed by atoms with Crippen LogP contribution in [-0.4, -0.2) is 27.7 Å². The molecule has 3 aromatic rings. The van der Waals surface area contributed by atoms with Crippen LogP contribution in [0.15, 0.2) is 82.6 Å². The molecule has 0 spiro atoms. The highest BCUT2D eigenvalue weighted by Gasteiger charge is 2.28. The molecule has 4 rings (SSSR count). The molecular weight excluding hydrogens is 444 g/mol. The number of halogens is 1. The molecule has 0 unspecified atom stereocenters. The quantitative estimate of drug-likeness (QED) is 0.623. The van der Waals surface area contributed by atoms with Crippen LogP contribution < -0.4 is 4.72 Å². The van der Waals surface area contributed by atoms with E-state index < -0.39 is 20.0 Å². The predicted octanol–water partition coefficient (Wildman–Crippen LogP) is 3.89. The fraction of sp³-hybridized carbons (Fsp3) is 0.143. The molecule has 0 saturated carbocycles. The highest BCUT2D eigenvalue weighted by atomic mass is 35.5. The van der Waals surface area contributed by atoms with Crippen LogP contribution in [0.2, 0.25) is 5.02 Å². The van der Waals surface area contributed by atoms with Crippen molar-refractivity contribution in [3.05, 3.63) is 88.9 Å². The van der Waals surface area contributed by atoms with Crippen LogP contribution in [0.1, 0.15) is 11.1 Å². The van der Waals surface area contributed by atoms with Gasteiger partial charge in [-0.25, -0.2) is 16.8 Å². The van der Waals surface area contributed by atoms with Crippen LogP contribution in [0.3, 0.4) is 0 Å². The number of fused-ring (bicyclic) bond motifs is 1. The van der Waals surface area contributed by atoms with Gasteiger partial charge in [0.25, 0.3) is 10.0 Å². The third-order valence-corrected chi connectivity index (χ3v) is 8.45. The Hall–Kier alpha value is -2.39. The number of sulfonamides is 2. The van der Waals surface area contributed by atoms with Crippen molar-refractivity contribution in [1.82, 2.24) is 4.31 Å². The smallest absolute Gasteiger partial charge is 0.261 e. The van der Waals surface area contributed by atoms with Crippen molar-refractivity contribution in [3.63, 3.8) is 0 Å². The lowest BCUT2D eigenvalue weighted by atomic mass is 10.0. The largest absolute Gasteiger partial charge is 0.280 e. The Kier molecular flexibility index (Phi) is 5.59. The van der Waals surface area contributed by atoms with Gasteiger partial charge in [0.05, 0.1) is 9.79 Å². The molecule has 0 radical (unpaired) electrons. The Morgan fingerprint density at radius 3 is 2.20 bits per heavy atom. The number of hydrogen-bond donors (Lipinski definition) is 1. The molecule has 1 heterocycles. The second-order valence-electron chi connectivity index (χ2n) is 6.94. The van der Waals surface area contributed by atoms with Crippen LogP contribution in [0.25, 0.3) is 0 Å². The maximum atomic E-state index is 13.0. The Labute approximate surface area is 181 Å². The van der Waals surface area contributed by atoms with Gasteiger partial charge in [-0.05, 0) is 66.1 Å². The summed E-state index contributed by atoms with van der Waals surface area (Å²) >= 11 is 5.86. The van der Waals surface area contributed by atoms with Crippen molar-refractivity contribution < 1.29 is 16.8 Å². The highest BCUT2D eigenvalue weighted by molar-refractivity contribution is 7.92. The van der Waals surface area contributed by atoms with E-state index in [1.54, 1.807) is 42.5 Å². The van der Waals surface area contributed by atoms with E-state index in [1.165, 1.54) is 28.6 Å². The standard InChI is InChI=1S/C21H19ClN2O4S2/c22-18-7-10-21(11-8-18)30(27,28)24-13-12-16-6-9-19(14-17(16)15-24)23-29(25,26)20-4-2-1-3-5-20/h1-11,14,23H,12-13,15H2. The zero-order chi connectivity index (χ0) is 21.4. The summed E-state index contributed by atoms with van der Waals surface area (Å²) in [7, 11) is -7.40. The van der Waals surface area contributed by atoms with Crippen LogP contribution in [-0.2, 0) is 33.0 Å². The van der Waals surface area contributed by atoms with Gasteiger partial charge in [0.1, 0.15) is 0 Å². The van der Waals surface area contributed by atoms with Crippen LogP contribution >= 0.6 is 11.6 Å². The second kappa shape index (κ2) is 8.03. The molecule has 0 fully saturated rings. The molecule has 1 aliphatic heterocycles. The van der Waals surface area contributed by atoms with Gasteiger partial charge >= 0.3 is 0 Å². The van der Waals surface area contributed by atoms with Crippen molar-refractivity contribution in [3.8, 4) is 0 Å². The maximum absolute atomic E-state index is 13.0. The van der Waals surface area contributed by atoms with E-state index in [-0.39, 0.29) is 16.3 Å². The average Bonchev–Trinajstić information content (AvgIpc) is 2.74. The number of hydrogen-bond acceptors (Lipinski definition) is 4. The highest BCUT2D eigenvalue weighted by Crippen LogP contribution is 2.28. The summed E-state index contributed by atoms with van der Waals surface area (Å²) in [5.74, 6) is 0. The summed E-state index contributed by atoms with van der Waals surface area (Å²) in [5.41, 5.74) is 2.16. The Morgan fingerprint density at radius 1 is 0.800 bits per heavy atom. The van der Waals surface area contributed by atoms with E-state index in [1.807, 2.05) is 6.07 Å². The Bertz CT molecular complexity index is 1280. The van der Waals surface area contributed by atoms with E-state index in [9.17, 15) is 16.8 Å². The molecule has 0 bridgehead atoms. The van der Waals surface area contributed by atoms with E-state index in [0.29, 0.717) is 23.7 Å². The van der Waals surface area contributed by atoms with Gasteiger partial charge in [0, 0.05) is 23.8 Å². The molecule has 0 atom stereocenters. The van der Waals surface area contributed by atoms with E-state index in [2.05, 4.69) is 4.72 Å². The van der Waals surface area contributed by atoms with E-state index in [0.717, 1.165) is 11.1 Å². The van der Waals surface area contributed by atoms with Gasteiger partial charge in [-0.3, -0.25) is 4.72 Å². The minimum atomic E-state index is -3.72. The van der Waals surface area contributed by atoms with Gasteiger partial charge in [-0.1, -0.05) is 35.9 Å². The Balaban J connectivity index is 1.59. The summed E-state index contributed by atoms with van der Waals surface area (Å²) in [6, 6.07) is 19.4. The number of rotatable bonds is 5. The van der Waals surface area contributed by atoms with E-state index in [4.69, 9.17) is 11.6 Å². The van der Waals surface area contributed by atoms with Gasteiger partial charge in [-0.2, -0.15) is 4.31 Å². The lowest BCUT2D eigenvalue weighted by Crippen LogP contribution is -2.36. The monoisotopic (exact) mass is 462 g/mol. The number of benzene rings is 3. The molecule has 1 N–H and O–H groups in total. The number of nitrogens with zero attached hydrogens (tertiary/aromatic N) is 1. The minimum absolute atomic E-state index is 0.162. The van der Waals surface area contributed by atoms with Gasteiger partial charge in [0.15, 0.2) is 0 Å². The normalized spacial score (nSPS) is 14.8. The second-order valence-corrected chi connectivity index (χ2v) is 11.0. The predicted molar refractivity (Wildman–Crippen MR) is 116 cm³/mol. The van der Waals surface area contributed by atoms with Crippen molar-refractivity contribution in [2.45, 2.75) is 22.8 Å². The Morgan fingerprint density at radius 2 is 1.50 bits per heavy atom. The average molecular weight is 463 g/mol. The summed E-state index contributed by atoms with van der Waals surface area (Å²) in [6.07, 6.45) is 0.549. The van der Waals surface area contributed by atoms with Crippen molar-refractivity contribution in [2.24, 2.45) is 0 Å². The maximum Gasteiger partial charge on any atom is 0.261 e. The van der Waals surface area contributed by atoms with Crippen LogP contribution in [0.4, 0.5) is 5.69 Å². The topological polar surface area (TPSA) is 83.6 Å². The molecule has 9 heteroatoms. The van der Waals surface area contributed by atoms with Gasteiger partial charge in [-0.15, -0.1) is 0 Å². The fourth-order valence-corrected chi connectivity index (χ4v) is 5.98. The van der Waals surface area contributed by atoms with Crippen LogP contribution in [0, 0.1) is 0 Å². The SMILES string of the molecule is O=S(=O)(Nc1ccc2c(c1)CN(S(=O)(=O)c1ccc(Cl)cc1)CC2)c1ccccc1. The van der Waals surface area contributed by atoms with Crippen molar-refractivity contribution in [1.29, 1.82) is 0 Å². The zero-order valence-electron chi connectivity index (χ0n) is 15.8. The summed E-state index contributed by atoms with van der Waals surface area (Å²) in [4.78, 5) is 0.339. The molecule has 0 saturated heterocycles. The molecule has 6 nitrogen and oxygen atoms in total. The summed E-state index contributed by atoms with van der Waals surface area (Å²) in [5, 5.41) is 0.466. The minimum Gasteiger partial charge on any atom is -0.280 e. The molecule has 156 valence electrons. The number of anilines is 1. The summed E-state index contributed by atoms with van der Waals surface area (Å²) in [6.45, 7) is 0.522. The first kappa shape index (κ1) is 20.9. The van der Waals surface area contributed by atoms with Crippen molar-refractivity contribution in [2.75, 3.05) is 11.3 Å². The molecule has 30 heavy (non-hydrogen) atoms.